The summed E-state index contributed by atoms with van der Waals surface area (Å²) in [5.74, 6) is 2.20. The molecular weight excluding hydrogens is 314 g/mol. The van der Waals surface area contributed by atoms with Crippen molar-refractivity contribution >= 4 is 5.52 Å². The van der Waals surface area contributed by atoms with E-state index >= 15 is 0 Å². The molecule has 0 unspecified atom stereocenters. The highest BCUT2D eigenvalue weighted by Gasteiger charge is 2.19. The molecule has 0 bridgehead atoms. The molecule has 5 nitrogen and oxygen atoms in total. The van der Waals surface area contributed by atoms with E-state index in [0.717, 1.165) is 28.3 Å². The number of hydrogen-bond acceptors (Lipinski definition) is 4. The van der Waals surface area contributed by atoms with Gasteiger partial charge in [0, 0.05) is 18.0 Å². The van der Waals surface area contributed by atoms with Gasteiger partial charge in [-0.15, -0.1) is 0 Å². The number of aromatic nitrogens is 3. The van der Waals surface area contributed by atoms with Gasteiger partial charge in [0.1, 0.15) is 22.9 Å². The van der Waals surface area contributed by atoms with Crippen LogP contribution in [-0.4, -0.2) is 28.6 Å². The molecule has 5 heteroatoms. The highest BCUT2D eigenvalue weighted by Crippen LogP contribution is 2.36. The van der Waals surface area contributed by atoms with E-state index in [1.807, 2.05) is 65.2 Å². The molecule has 4 aromatic rings. The Hall–Kier alpha value is -3.34. The number of para-hydroxylation sites is 1. The standard InChI is InChI=1S/C20H17N3O2/c1-24-16-10-4-3-8-14(16)18-15-9-5-6-13-23(15)20(22-18)19-17(25-2)11-7-12-21-19/h3-13H,1-2H3. The van der Waals surface area contributed by atoms with Crippen LogP contribution in [0.4, 0.5) is 0 Å². The SMILES string of the molecule is COc1ccccc1-c1nc(-c2ncccc2OC)n2ccccc12. The second-order valence-electron chi connectivity index (χ2n) is 5.49. The smallest absolute Gasteiger partial charge is 0.167 e. The Labute approximate surface area is 145 Å². The molecule has 1 aromatic carbocycles. The summed E-state index contributed by atoms with van der Waals surface area (Å²) >= 11 is 0. The lowest BCUT2D eigenvalue weighted by Crippen LogP contribution is -1.95. The van der Waals surface area contributed by atoms with Crippen LogP contribution in [0.5, 0.6) is 11.5 Å². The Kier molecular flexibility index (Phi) is 3.82. The number of benzene rings is 1. The zero-order valence-electron chi connectivity index (χ0n) is 14.0. The number of hydrogen-bond donors (Lipinski definition) is 0. The summed E-state index contributed by atoms with van der Waals surface area (Å²) in [5.41, 5.74) is 3.47. The molecule has 3 aromatic heterocycles. The summed E-state index contributed by atoms with van der Waals surface area (Å²) in [4.78, 5) is 9.37. The first-order valence-electron chi connectivity index (χ1n) is 7.93. The van der Waals surface area contributed by atoms with E-state index in [-0.39, 0.29) is 0 Å². The maximum atomic E-state index is 5.52. The van der Waals surface area contributed by atoms with Gasteiger partial charge in [-0.1, -0.05) is 18.2 Å². The molecule has 0 fully saturated rings. The third-order valence-electron chi connectivity index (χ3n) is 4.11. The van der Waals surface area contributed by atoms with Crippen LogP contribution < -0.4 is 9.47 Å². The third kappa shape index (κ3) is 2.50. The Morgan fingerprint density at radius 3 is 2.40 bits per heavy atom. The van der Waals surface area contributed by atoms with Crippen LogP contribution in [0.2, 0.25) is 0 Å². The van der Waals surface area contributed by atoms with Gasteiger partial charge in [-0.05, 0) is 36.4 Å². The average Bonchev–Trinajstić information content (AvgIpc) is 3.07. The van der Waals surface area contributed by atoms with E-state index in [9.17, 15) is 0 Å². The van der Waals surface area contributed by atoms with E-state index in [0.29, 0.717) is 11.4 Å². The Bertz CT molecular complexity index is 958. The zero-order valence-corrected chi connectivity index (χ0v) is 14.0. The topological polar surface area (TPSA) is 48.7 Å². The molecule has 0 N–H and O–H groups in total. The lowest BCUT2D eigenvalue weighted by Gasteiger charge is -2.05. The summed E-state index contributed by atoms with van der Waals surface area (Å²) in [5, 5.41) is 0. The van der Waals surface area contributed by atoms with Crippen molar-refractivity contribution in [1.82, 2.24) is 14.4 Å². The first-order valence-corrected chi connectivity index (χ1v) is 7.93. The minimum atomic E-state index is 0.685. The molecular formula is C20H17N3O2. The zero-order chi connectivity index (χ0) is 17.2. The van der Waals surface area contributed by atoms with Crippen LogP contribution in [0.1, 0.15) is 0 Å². The summed E-state index contributed by atoms with van der Waals surface area (Å²) in [7, 11) is 3.30. The van der Waals surface area contributed by atoms with E-state index < -0.39 is 0 Å². The molecule has 3 heterocycles. The van der Waals surface area contributed by atoms with Crippen LogP contribution in [0.15, 0.2) is 67.0 Å². The van der Waals surface area contributed by atoms with Crippen molar-refractivity contribution < 1.29 is 9.47 Å². The van der Waals surface area contributed by atoms with E-state index in [4.69, 9.17) is 14.5 Å². The largest absolute Gasteiger partial charge is 0.496 e. The van der Waals surface area contributed by atoms with Crippen molar-refractivity contribution in [3.8, 4) is 34.3 Å². The van der Waals surface area contributed by atoms with Gasteiger partial charge >= 0.3 is 0 Å². The maximum Gasteiger partial charge on any atom is 0.167 e. The molecule has 0 saturated carbocycles. The van der Waals surface area contributed by atoms with Crippen molar-refractivity contribution in [1.29, 1.82) is 0 Å². The van der Waals surface area contributed by atoms with Crippen molar-refractivity contribution in [2.24, 2.45) is 0 Å². The lowest BCUT2D eigenvalue weighted by atomic mass is 10.1. The van der Waals surface area contributed by atoms with Gasteiger partial charge < -0.3 is 9.47 Å². The van der Waals surface area contributed by atoms with Crippen molar-refractivity contribution in [2.75, 3.05) is 14.2 Å². The fourth-order valence-corrected chi connectivity index (χ4v) is 2.97. The number of fused-ring (bicyclic) bond motifs is 1. The molecule has 0 aliphatic heterocycles. The van der Waals surface area contributed by atoms with Crippen LogP contribution >= 0.6 is 0 Å². The summed E-state index contributed by atoms with van der Waals surface area (Å²) in [6, 6.07) is 17.6. The first-order chi connectivity index (χ1) is 12.3. The van der Waals surface area contributed by atoms with Crippen LogP contribution in [-0.2, 0) is 0 Å². The lowest BCUT2D eigenvalue weighted by molar-refractivity contribution is 0.414. The molecule has 0 spiro atoms. The quantitative estimate of drug-likeness (QED) is 0.565. The minimum absolute atomic E-state index is 0.685. The van der Waals surface area contributed by atoms with Gasteiger partial charge in [0.05, 0.1) is 19.7 Å². The fraction of sp³-hybridized carbons (Fsp3) is 0.100. The second kappa shape index (κ2) is 6.28. The molecule has 0 aliphatic rings. The normalized spacial score (nSPS) is 10.8. The van der Waals surface area contributed by atoms with Crippen LogP contribution in [0.25, 0.3) is 28.3 Å². The molecule has 0 aliphatic carbocycles. The predicted molar refractivity (Wildman–Crippen MR) is 97.0 cm³/mol. The monoisotopic (exact) mass is 331 g/mol. The Morgan fingerprint density at radius 2 is 1.56 bits per heavy atom. The summed E-state index contributed by atoms with van der Waals surface area (Å²) in [6.07, 6.45) is 3.72. The molecule has 0 amide bonds. The van der Waals surface area contributed by atoms with Gasteiger partial charge in [-0.3, -0.25) is 4.40 Å². The number of rotatable bonds is 4. The van der Waals surface area contributed by atoms with Crippen molar-refractivity contribution in [3.05, 3.63) is 67.0 Å². The average molecular weight is 331 g/mol. The second-order valence-corrected chi connectivity index (χ2v) is 5.49. The minimum Gasteiger partial charge on any atom is -0.496 e. The highest BCUT2D eigenvalue weighted by atomic mass is 16.5. The van der Waals surface area contributed by atoms with Crippen molar-refractivity contribution in [2.45, 2.75) is 0 Å². The third-order valence-corrected chi connectivity index (χ3v) is 4.11. The number of ether oxygens (including phenoxy) is 2. The van der Waals surface area contributed by atoms with Gasteiger partial charge in [0.2, 0.25) is 0 Å². The first kappa shape index (κ1) is 15.2. The molecule has 124 valence electrons. The fourth-order valence-electron chi connectivity index (χ4n) is 2.97. The highest BCUT2D eigenvalue weighted by molar-refractivity contribution is 5.84. The van der Waals surface area contributed by atoms with Gasteiger partial charge in [-0.2, -0.15) is 0 Å². The van der Waals surface area contributed by atoms with Gasteiger partial charge in [-0.25, -0.2) is 9.97 Å². The molecule has 25 heavy (non-hydrogen) atoms. The van der Waals surface area contributed by atoms with Gasteiger partial charge in [0.15, 0.2) is 5.82 Å². The Morgan fingerprint density at radius 1 is 0.800 bits per heavy atom. The maximum absolute atomic E-state index is 5.52. The number of methoxy groups -OCH3 is 2. The summed E-state index contributed by atoms with van der Waals surface area (Å²) < 4.78 is 13.0. The predicted octanol–water partition coefficient (Wildman–Crippen LogP) is 4.08. The summed E-state index contributed by atoms with van der Waals surface area (Å²) in [6.45, 7) is 0. The van der Waals surface area contributed by atoms with Crippen LogP contribution in [0.3, 0.4) is 0 Å². The number of nitrogens with zero attached hydrogens (tertiary/aromatic N) is 3. The molecule has 0 radical (unpaired) electrons. The van der Waals surface area contributed by atoms with E-state index in [2.05, 4.69) is 4.98 Å². The number of imidazole rings is 1. The van der Waals surface area contributed by atoms with Crippen molar-refractivity contribution in [3.63, 3.8) is 0 Å². The van der Waals surface area contributed by atoms with E-state index in [1.165, 1.54) is 0 Å². The number of pyridine rings is 2. The Balaban J connectivity index is 2.03. The van der Waals surface area contributed by atoms with Gasteiger partial charge in [0.25, 0.3) is 0 Å². The molecule has 0 saturated heterocycles. The molecule has 0 atom stereocenters. The molecule has 4 rings (SSSR count). The van der Waals surface area contributed by atoms with Crippen LogP contribution in [0, 0.1) is 0 Å². The van der Waals surface area contributed by atoms with E-state index in [1.54, 1.807) is 20.4 Å².